The number of halogens is 1. The van der Waals surface area contributed by atoms with Crippen LogP contribution in [0.2, 0.25) is 5.02 Å². The number of furan rings is 1. The van der Waals surface area contributed by atoms with E-state index in [2.05, 4.69) is 54.1 Å². The second-order valence-electron chi connectivity index (χ2n) is 9.71. The van der Waals surface area contributed by atoms with Crippen molar-refractivity contribution in [3.63, 3.8) is 0 Å². The molecule has 4 rings (SSSR count). The summed E-state index contributed by atoms with van der Waals surface area (Å²) in [7, 11) is 1.58. The van der Waals surface area contributed by atoms with Gasteiger partial charge in [0.25, 0.3) is 5.91 Å². The maximum absolute atomic E-state index is 13.3. The average molecular weight is 544 g/mol. The molecule has 0 fully saturated rings. The first-order valence-electron chi connectivity index (χ1n) is 13.1. The van der Waals surface area contributed by atoms with E-state index in [-0.39, 0.29) is 24.3 Å². The highest BCUT2D eigenvalue weighted by Crippen LogP contribution is 2.27. The predicted molar refractivity (Wildman–Crippen MR) is 156 cm³/mol. The number of carbonyl (C=O) groups is 2. The SMILES string of the molecule is CNC(=O)CC(Cc1ccccc1)NC(=O)c1cc(-c2ccc(CNC(C)c3ccc(C)cc3)o2)ccc1Cl. The van der Waals surface area contributed by atoms with Crippen LogP contribution in [-0.4, -0.2) is 24.9 Å². The lowest BCUT2D eigenvalue weighted by atomic mass is 10.0. The Kier molecular flexibility index (Phi) is 9.58. The molecule has 6 nitrogen and oxygen atoms in total. The smallest absolute Gasteiger partial charge is 0.253 e. The van der Waals surface area contributed by atoms with Gasteiger partial charge in [-0.3, -0.25) is 9.59 Å². The highest BCUT2D eigenvalue weighted by Gasteiger charge is 2.20. The van der Waals surface area contributed by atoms with Crippen molar-refractivity contribution < 1.29 is 14.0 Å². The highest BCUT2D eigenvalue weighted by molar-refractivity contribution is 6.34. The molecule has 0 aliphatic carbocycles. The van der Waals surface area contributed by atoms with Gasteiger partial charge < -0.3 is 20.4 Å². The van der Waals surface area contributed by atoms with Crippen LogP contribution in [0.3, 0.4) is 0 Å². The molecule has 2 amide bonds. The van der Waals surface area contributed by atoms with E-state index in [4.69, 9.17) is 16.0 Å². The first kappa shape index (κ1) is 28.1. The number of nitrogens with one attached hydrogen (secondary N) is 3. The summed E-state index contributed by atoms with van der Waals surface area (Å²) in [5.41, 5.74) is 4.54. The topological polar surface area (TPSA) is 83.4 Å². The lowest BCUT2D eigenvalue weighted by Crippen LogP contribution is -2.40. The normalized spacial score (nSPS) is 12.5. The Hall–Kier alpha value is -3.87. The Labute approximate surface area is 234 Å². The van der Waals surface area contributed by atoms with Crippen molar-refractivity contribution in [3.8, 4) is 11.3 Å². The number of aryl methyl sites for hydroxylation is 1. The molecule has 4 aromatic rings. The third-order valence-corrected chi connectivity index (χ3v) is 7.02. The van der Waals surface area contributed by atoms with Gasteiger partial charge in [-0.2, -0.15) is 0 Å². The molecule has 0 aliphatic rings. The Morgan fingerprint density at radius 1 is 0.949 bits per heavy atom. The van der Waals surface area contributed by atoms with Gasteiger partial charge in [-0.05, 0) is 61.7 Å². The van der Waals surface area contributed by atoms with E-state index in [0.29, 0.717) is 29.3 Å². The van der Waals surface area contributed by atoms with E-state index in [1.165, 1.54) is 11.1 Å². The zero-order chi connectivity index (χ0) is 27.8. The molecule has 7 heteroatoms. The molecule has 1 heterocycles. The van der Waals surface area contributed by atoms with Crippen molar-refractivity contribution in [1.29, 1.82) is 0 Å². The van der Waals surface area contributed by atoms with Crippen molar-refractivity contribution in [2.75, 3.05) is 7.05 Å². The van der Waals surface area contributed by atoms with Crippen LogP contribution in [0.15, 0.2) is 89.3 Å². The van der Waals surface area contributed by atoms with Crippen LogP contribution in [-0.2, 0) is 17.8 Å². The third kappa shape index (κ3) is 7.82. The fraction of sp³-hybridized carbons (Fsp3) is 0.250. The maximum atomic E-state index is 13.3. The Bertz CT molecular complexity index is 1400. The minimum atomic E-state index is -0.392. The summed E-state index contributed by atoms with van der Waals surface area (Å²) in [6.07, 6.45) is 0.677. The molecule has 0 aliphatic heterocycles. The van der Waals surface area contributed by atoms with Crippen LogP contribution < -0.4 is 16.0 Å². The van der Waals surface area contributed by atoms with Gasteiger partial charge >= 0.3 is 0 Å². The molecule has 0 radical (unpaired) electrons. The zero-order valence-electron chi connectivity index (χ0n) is 22.5. The van der Waals surface area contributed by atoms with Gasteiger partial charge in [0.2, 0.25) is 5.91 Å². The first-order valence-corrected chi connectivity index (χ1v) is 13.4. The molecule has 2 unspecified atom stereocenters. The zero-order valence-corrected chi connectivity index (χ0v) is 23.2. The van der Waals surface area contributed by atoms with Crippen molar-refractivity contribution in [2.45, 2.75) is 45.3 Å². The number of hydrogen-bond donors (Lipinski definition) is 3. The number of hydrogen-bond acceptors (Lipinski definition) is 4. The number of benzene rings is 3. The van der Waals surface area contributed by atoms with Crippen LogP contribution in [0.5, 0.6) is 0 Å². The summed E-state index contributed by atoms with van der Waals surface area (Å²) in [6, 6.07) is 27.1. The Morgan fingerprint density at radius 2 is 1.69 bits per heavy atom. The van der Waals surface area contributed by atoms with Crippen LogP contribution in [0.1, 0.15) is 52.2 Å². The van der Waals surface area contributed by atoms with E-state index < -0.39 is 6.04 Å². The summed E-state index contributed by atoms with van der Waals surface area (Å²) >= 11 is 6.43. The van der Waals surface area contributed by atoms with Gasteiger partial charge in [0.15, 0.2) is 0 Å². The number of carbonyl (C=O) groups excluding carboxylic acids is 2. The van der Waals surface area contributed by atoms with Crippen LogP contribution >= 0.6 is 11.6 Å². The molecule has 39 heavy (non-hydrogen) atoms. The molecule has 3 N–H and O–H groups in total. The molecule has 0 bridgehead atoms. The molecule has 0 spiro atoms. The fourth-order valence-corrected chi connectivity index (χ4v) is 4.57. The molecule has 1 aromatic heterocycles. The van der Waals surface area contributed by atoms with Crippen LogP contribution in [0.4, 0.5) is 0 Å². The van der Waals surface area contributed by atoms with Gasteiger partial charge in [-0.15, -0.1) is 0 Å². The molecular weight excluding hydrogens is 510 g/mol. The predicted octanol–water partition coefficient (Wildman–Crippen LogP) is 6.24. The summed E-state index contributed by atoms with van der Waals surface area (Å²) in [4.78, 5) is 25.4. The average Bonchev–Trinajstić information content (AvgIpc) is 3.42. The van der Waals surface area contributed by atoms with Crippen molar-refractivity contribution in [1.82, 2.24) is 16.0 Å². The molecule has 0 saturated heterocycles. The monoisotopic (exact) mass is 543 g/mol. The van der Waals surface area contributed by atoms with E-state index in [0.717, 1.165) is 16.9 Å². The van der Waals surface area contributed by atoms with Crippen molar-refractivity contribution >= 4 is 23.4 Å². The van der Waals surface area contributed by atoms with Gasteiger partial charge in [0, 0.05) is 31.1 Å². The van der Waals surface area contributed by atoms with Gasteiger partial charge in [0.05, 0.1) is 17.1 Å². The molecule has 202 valence electrons. The maximum Gasteiger partial charge on any atom is 0.253 e. The molecular formula is C32H34ClN3O3. The second-order valence-corrected chi connectivity index (χ2v) is 10.1. The standard InChI is InChI=1S/C32H34ClN3O3/c1-21-9-11-24(12-10-21)22(2)35-20-27-14-16-30(39-27)25-13-15-29(33)28(18-25)32(38)36-26(19-31(37)34-3)17-23-7-5-4-6-8-23/h4-16,18,22,26,35H,17,19-20H2,1-3H3,(H,34,37)(H,36,38). The minimum Gasteiger partial charge on any atom is -0.460 e. The lowest BCUT2D eigenvalue weighted by Gasteiger charge is -2.19. The molecule has 3 aromatic carbocycles. The first-order chi connectivity index (χ1) is 18.8. The van der Waals surface area contributed by atoms with Gasteiger partial charge in [-0.25, -0.2) is 0 Å². The summed E-state index contributed by atoms with van der Waals surface area (Å²) in [5.74, 6) is 0.946. The van der Waals surface area contributed by atoms with E-state index in [1.54, 1.807) is 19.2 Å². The van der Waals surface area contributed by atoms with E-state index >= 15 is 0 Å². The Balaban J connectivity index is 1.45. The van der Waals surface area contributed by atoms with Gasteiger partial charge in [0.1, 0.15) is 11.5 Å². The van der Waals surface area contributed by atoms with Gasteiger partial charge in [-0.1, -0.05) is 71.8 Å². The second kappa shape index (κ2) is 13.3. The third-order valence-electron chi connectivity index (χ3n) is 6.69. The van der Waals surface area contributed by atoms with E-state index in [9.17, 15) is 9.59 Å². The summed E-state index contributed by atoms with van der Waals surface area (Å²) in [5, 5.41) is 9.45. The number of amides is 2. The summed E-state index contributed by atoms with van der Waals surface area (Å²) < 4.78 is 6.09. The van der Waals surface area contributed by atoms with E-state index in [1.807, 2.05) is 48.5 Å². The lowest BCUT2D eigenvalue weighted by molar-refractivity contribution is -0.121. The largest absolute Gasteiger partial charge is 0.460 e. The highest BCUT2D eigenvalue weighted by atomic mass is 35.5. The van der Waals surface area contributed by atoms with Crippen LogP contribution in [0, 0.1) is 6.92 Å². The molecule has 2 atom stereocenters. The Morgan fingerprint density at radius 3 is 2.41 bits per heavy atom. The van der Waals surface area contributed by atoms with Crippen molar-refractivity contribution in [3.05, 3.63) is 118 Å². The quantitative estimate of drug-likeness (QED) is 0.209. The summed E-state index contributed by atoms with van der Waals surface area (Å²) in [6.45, 7) is 4.76. The molecule has 0 saturated carbocycles. The minimum absolute atomic E-state index is 0.149. The van der Waals surface area contributed by atoms with Crippen molar-refractivity contribution in [2.24, 2.45) is 0 Å². The van der Waals surface area contributed by atoms with Crippen LogP contribution in [0.25, 0.3) is 11.3 Å². The number of rotatable bonds is 11. The fourth-order valence-electron chi connectivity index (χ4n) is 4.37.